The number of para-hydroxylation sites is 2. The molecule has 0 aliphatic carbocycles. The summed E-state index contributed by atoms with van der Waals surface area (Å²) in [5.41, 5.74) is 1.33. The van der Waals surface area contributed by atoms with Crippen LogP contribution in [0.3, 0.4) is 0 Å². The number of hydrogen-bond donors (Lipinski definition) is 1. The van der Waals surface area contributed by atoms with Crippen molar-refractivity contribution in [3.63, 3.8) is 0 Å². The van der Waals surface area contributed by atoms with Gasteiger partial charge in [-0.1, -0.05) is 41.0 Å². The van der Waals surface area contributed by atoms with Crippen LogP contribution in [0.25, 0.3) is 11.4 Å². The Bertz CT molecular complexity index is 895. The summed E-state index contributed by atoms with van der Waals surface area (Å²) in [6.07, 6.45) is 0.546. The van der Waals surface area contributed by atoms with Crippen LogP contribution in [0.2, 0.25) is 5.02 Å². The molecular formula is C19H18ClN3O3. The van der Waals surface area contributed by atoms with Crippen molar-refractivity contribution in [1.29, 1.82) is 0 Å². The third kappa shape index (κ3) is 4.40. The van der Waals surface area contributed by atoms with Crippen molar-refractivity contribution in [2.75, 3.05) is 11.9 Å². The molecule has 3 rings (SSSR count). The minimum Gasteiger partial charge on any atom is -0.492 e. The van der Waals surface area contributed by atoms with Gasteiger partial charge in [-0.05, 0) is 31.2 Å². The maximum Gasteiger partial charge on any atom is 0.227 e. The Balaban J connectivity index is 1.60. The fourth-order valence-electron chi connectivity index (χ4n) is 2.39. The van der Waals surface area contributed by atoms with E-state index in [1.807, 2.05) is 43.3 Å². The van der Waals surface area contributed by atoms with Gasteiger partial charge in [-0.3, -0.25) is 4.79 Å². The first-order chi connectivity index (χ1) is 12.7. The molecule has 1 amide bonds. The van der Waals surface area contributed by atoms with Gasteiger partial charge in [-0.25, -0.2) is 0 Å². The molecule has 0 aliphatic rings. The van der Waals surface area contributed by atoms with E-state index in [-0.39, 0.29) is 12.3 Å². The number of nitrogens with one attached hydrogen (secondary N) is 1. The minimum atomic E-state index is -0.158. The number of anilines is 1. The van der Waals surface area contributed by atoms with Crippen molar-refractivity contribution in [3.05, 3.63) is 59.4 Å². The van der Waals surface area contributed by atoms with Gasteiger partial charge in [0.25, 0.3) is 0 Å². The Morgan fingerprint density at radius 3 is 2.77 bits per heavy atom. The molecule has 2 aromatic carbocycles. The molecule has 134 valence electrons. The smallest absolute Gasteiger partial charge is 0.227 e. The van der Waals surface area contributed by atoms with Crippen LogP contribution in [0, 0.1) is 0 Å². The van der Waals surface area contributed by atoms with Crippen LogP contribution in [0.1, 0.15) is 19.2 Å². The van der Waals surface area contributed by atoms with E-state index < -0.39 is 0 Å². The summed E-state index contributed by atoms with van der Waals surface area (Å²) in [6, 6.07) is 14.6. The Morgan fingerprint density at radius 1 is 1.19 bits per heavy atom. The number of aromatic nitrogens is 2. The van der Waals surface area contributed by atoms with E-state index in [0.29, 0.717) is 46.8 Å². The number of carbonyl (C=O) groups excluding carboxylic acids is 1. The molecule has 1 N–H and O–H groups in total. The lowest BCUT2D eigenvalue weighted by molar-refractivity contribution is -0.116. The lowest BCUT2D eigenvalue weighted by Crippen LogP contribution is -2.13. The standard InChI is InChI=1S/C19H18ClN3O3/c1-2-25-16-10-6-5-9-15(16)21-17(24)11-12-18-22-19(23-26-18)13-7-3-4-8-14(13)20/h3-10H,2,11-12H2,1H3,(H,21,24). The van der Waals surface area contributed by atoms with Crippen molar-refractivity contribution in [1.82, 2.24) is 10.1 Å². The summed E-state index contributed by atoms with van der Waals surface area (Å²) in [4.78, 5) is 16.5. The lowest BCUT2D eigenvalue weighted by atomic mass is 10.2. The Morgan fingerprint density at radius 2 is 1.96 bits per heavy atom. The number of rotatable bonds is 7. The van der Waals surface area contributed by atoms with Gasteiger partial charge in [0.15, 0.2) is 0 Å². The summed E-state index contributed by atoms with van der Waals surface area (Å²) < 4.78 is 10.7. The van der Waals surface area contributed by atoms with E-state index in [1.165, 1.54) is 0 Å². The average molecular weight is 372 g/mol. The highest BCUT2D eigenvalue weighted by Crippen LogP contribution is 2.26. The van der Waals surface area contributed by atoms with Gasteiger partial charge in [0.1, 0.15) is 5.75 Å². The number of aryl methyl sites for hydroxylation is 1. The zero-order chi connectivity index (χ0) is 18.4. The minimum absolute atomic E-state index is 0.158. The van der Waals surface area contributed by atoms with E-state index >= 15 is 0 Å². The summed E-state index contributed by atoms with van der Waals surface area (Å²) >= 11 is 6.13. The molecular weight excluding hydrogens is 354 g/mol. The fraction of sp³-hybridized carbons (Fsp3) is 0.211. The van der Waals surface area contributed by atoms with Crippen molar-refractivity contribution in [2.24, 2.45) is 0 Å². The first-order valence-corrected chi connectivity index (χ1v) is 8.64. The van der Waals surface area contributed by atoms with Crippen molar-refractivity contribution in [3.8, 4) is 17.1 Å². The Hall–Kier alpha value is -2.86. The molecule has 0 spiro atoms. The van der Waals surface area contributed by atoms with Crippen molar-refractivity contribution >= 4 is 23.2 Å². The second-order valence-corrected chi connectivity index (χ2v) is 5.88. The molecule has 1 aromatic heterocycles. The summed E-state index contributed by atoms with van der Waals surface area (Å²) in [7, 11) is 0. The van der Waals surface area contributed by atoms with E-state index in [9.17, 15) is 4.79 Å². The van der Waals surface area contributed by atoms with Crippen molar-refractivity contribution < 1.29 is 14.1 Å². The Labute approximate surface area is 156 Å². The maximum atomic E-state index is 12.2. The van der Waals surface area contributed by atoms with Crippen molar-refractivity contribution in [2.45, 2.75) is 19.8 Å². The van der Waals surface area contributed by atoms with Crippen LogP contribution in [0.5, 0.6) is 5.75 Å². The highest BCUT2D eigenvalue weighted by atomic mass is 35.5. The SMILES string of the molecule is CCOc1ccccc1NC(=O)CCc1nc(-c2ccccc2Cl)no1. The van der Waals surface area contributed by atoms with Gasteiger partial charge in [0, 0.05) is 18.4 Å². The molecule has 0 unspecified atom stereocenters. The molecule has 0 aliphatic heterocycles. The number of hydrogen-bond acceptors (Lipinski definition) is 5. The normalized spacial score (nSPS) is 10.5. The number of halogens is 1. The first kappa shape index (κ1) is 17.9. The number of amides is 1. The number of benzene rings is 2. The number of nitrogens with zero attached hydrogens (tertiary/aromatic N) is 2. The molecule has 26 heavy (non-hydrogen) atoms. The number of carbonyl (C=O) groups is 1. The highest BCUT2D eigenvalue weighted by molar-refractivity contribution is 6.33. The quantitative estimate of drug-likeness (QED) is 0.667. The second kappa shape index (κ2) is 8.49. The molecule has 0 atom stereocenters. The van der Waals surface area contributed by atoms with Gasteiger partial charge in [-0.15, -0.1) is 0 Å². The average Bonchev–Trinajstić information content (AvgIpc) is 3.11. The van der Waals surface area contributed by atoms with Gasteiger partial charge >= 0.3 is 0 Å². The van der Waals surface area contributed by atoms with Gasteiger partial charge in [-0.2, -0.15) is 4.98 Å². The first-order valence-electron chi connectivity index (χ1n) is 8.26. The topological polar surface area (TPSA) is 77.2 Å². The highest BCUT2D eigenvalue weighted by Gasteiger charge is 2.13. The molecule has 0 saturated heterocycles. The van der Waals surface area contributed by atoms with Crippen LogP contribution >= 0.6 is 11.6 Å². The Kier molecular flexibility index (Phi) is 5.86. The molecule has 0 bridgehead atoms. The van der Waals surface area contributed by atoms with Gasteiger partial charge in [0.2, 0.25) is 17.6 Å². The third-order valence-corrected chi connectivity index (χ3v) is 3.94. The van der Waals surface area contributed by atoms with Crippen LogP contribution < -0.4 is 10.1 Å². The van der Waals surface area contributed by atoms with E-state index in [2.05, 4.69) is 15.5 Å². The maximum absolute atomic E-state index is 12.2. The second-order valence-electron chi connectivity index (χ2n) is 5.47. The third-order valence-electron chi connectivity index (χ3n) is 3.61. The summed E-state index contributed by atoms with van der Waals surface area (Å²) in [5.74, 6) is 1.28. The molecule has 6 nitrogen and oxygen atoms in total. The monoisotopic (exact) mass is 371 g/mol. The predicted octanol–water partition coefficient (Wildman–Crippen LogP) is 4.36. The van der Waals surface area contributed by atoms with Gasteiger partial charge in [0.05, 0.1) is 17.3 Å². The molecule has 1 heterocycles. The fourth-order valence-corrected chi connectivity index (χ4v) is 2.61. The van der Waals surface area contributed by atoms with Crippen LogP contribution in [0.4, 0.5) is 5.69 Å². The zero-order valence-electron chi connectivity index (χ0n) is 14.2. The molecule has 0 fully saturated rings. The molecule has 3 aromatic rings. The summed E-state index contributed by atoms with van der Waals surface area (Å²) in [6.45, 7) is 2.42. The van der Waals surface area contributed by atoms with E-state index in [0.717, 1.165) is 0 Å². The molecule has 7 heteroatoms. The van der Waals surface area contributed by atoms with E-state index in [1.54, 1.807) is 12.1 Å². The molecule has 0 radical (unpaired) electrons. The predicted molar refractivity (Wildman–Crippen MR) is 99.3 cm³/mol. The largest absolute Gasteiger partial charge is 0.492 e. The van der Waals surface area contributed by atoms with E-state index in [4.69, 9.17) is 20.9 Å². The lowest BCUT2D eigenvalue weighted by Gasteiger charge is -2.10. The summed E-state index contributed by atoms with van der Waals surface area (Å²) in [5, 5.41) is 7.31. The number of ether oxygens (including phenoxy) is 1. The molecule has 0 saturated carbocycles. The van der Waals surface area contributed by atoms with Gasteiger partial charge < -0.3 is 14.6 Å². The van der Waals surface area contributed by atoms with Crippen LogP contribution in [-0.4, -0.2) is 22.7 Å². The van der Waals surface area contributed by atoms with Crippen LogP contribution in [-0.2, 0) is 11.2 Å². The zero-order valence-corrected chi connectivity index (χ0v) is 15.0. The van der Waals surface area contributed by atoms with Crippen LogP contribution in [0.15, 0.2) is 53.1 Å².